The monoisotopic (exact) mass is 315 g/mol. The van der Waals surface area contributed by atoms with Gasteiger partial charge < -0.3 is 5.32 Å². The Labute approximate surface area is 143 Å². The highest BCUT2D eigenvalue weighted by atomic mass is 16.1. The summed E-state index contributed by atoms with van der Waals surface area (Å²) in [5, 5.41) is 3.00. The zero-order valence-corrected chi connectivity index (χ0v) is 13.8. The van der Waals surface area contributed by atoms with Gasteiger partial charge in [-0.05, 0) is 34.7 Å². The van der Waals surface area contributed by atoms with E-state index >= 15 is 0 Å². The Bertz CT molecular complexity index is 779. The summed E-state index contributed by atoms with van der Waals surface area (Å²) in [6, 6.07) is 28.2. The summed E-state index contributed by atoms with van der Waals surface area (Å²) >= 11 is 0. The molecule has 1 N–H and O–H groups in total. The molecule has 0 aliphatic heterocycles. The highest BCUT2D eigenvalue weighted by Crippen LogP contribution is 2.22. The van der Waals surface area contributed by atoms with Crippen LogP contribution in [0.4, 0.5) is 0 Å². The molecule has 24 heavy (non-hydrogen) atoms. The van der Waals surface area contributed by atoms with Crippen molar-refractivity contribution in [3.05, 3.63) is 96.1 Å². The zero-order chi connectivity index (χ0) is 16.8. The molecular formula is C22H21NO. The number of nitrogens with one attached hydrogen (secondary N) is 1. The molecule has 1 atom stereocenters. The molecular weight excluding hydrogens is 294 g/mol. The van der Waals surface area contributed by atoms with Crippen LogP contribution in [0.1, 0.15) is 28.8 Å². The van der Waals surface area contributed by atoms with Gasteiger partial charge in [0.15, 0.2) is 0 Å². The van der Waals surface area contributed by atoms with Crippen molar-refractivity contribution in [3.63, 3.8) is 0 Å². The van der Waals surface area contributed by atoms with Crippen LogP contribution in [0, 0.1) is 0 Å². The van der Waals surface area contributed by atoms with Gasteiger partial charge in [0, 0.05) is 12.1 Å². The maximum Gasteiger partial charge on any atom is 0.251 e. The van der Waals surface area contributed by atoms with E-state index in [-0.39, 0.29) is 11.8 Å². The van der Waals surface area contributed by atoms with Gasteiger partial charge in [-0.25, -0.2) is 0 Å². The maximum absolute atomic E-state index is 12.1. The first-order valence-corrected chi connectivity index (χ1v) is 8.22. The van der Waals surface area contributed by atoms with Crippen LogP contribution >= 0.6 is 0 Å². The van der Waals surface area contributed by atoms with Gasteiger partial charge in [-0.1, -0.05) is 79.7 Å². The fourth-order valence-electron chi connectivity index (χ4n) is 2.69. The second kappa shape index (κ2) is 7.60. The number of hydrogen-bond acceptors (Lipinski definition) is 1. The number of benzene rings is 3. The number of hydrogen-bond donors (Lipinski definition) is 1. The summed E-state index contributed by atoms with van der Waals surface area (Å²) in [7, 11) is 0. The largest absolute Gasteiger partial charge is 0.351 e. The van der Waals surface area contributed by atoms with Gasteiger partial charge >= 0.3 is 0 Å². The first kappa shape index (κ1) is 16.0. The topological polar surface area (TPSA) is 29.1 Å². The van der Waals surface area contributed by atoms with E-state index in [1.54, 1.807) is 0 Å². The lowest BCUT2D eigenvalue weighted by atomic mass is 9.97. The summed E-state index contributed by atoms with van der Waals surface area (Å²) < 4.78 is 0. The van der Waals surface area contributed by atoms with E-state index in [1.165, 1.54) is 16.7 Å². The predicted molar refractivity (Wildman–Crippen MR) is 99.1 cm³/mol. The van der Waals surface area contributed by atoms with Crippen LogP contribution in [0.2, 0.25) is 0 Å². The van der Waals surface area contributed by atoms with Gasteiger partial charge in [-0.3, -0.25) is 4.79 Å². The fourth-order valence-corrected chi connectivity index (χ4v) is 2.69. The van der Waals surface area contributed by atoms with E-state index < -0.39 is 0 Å². The lowest BCUT2D eigenvalue weighted by Gasteiger charge is -2.14. The Morgan fingerprint density at radius 2 is 1.33 bits per heavy atom. The zero-order valence-electron chi connectivity index (χ0n) is 13.8. The fraction of sp³-hybridized carbons (Fsp3) is 0.136. The third kappa shape index (κ3) is 3.90. The highest BCUT2D eigenvalue weighted by molar-refractivity contribution is 5.94. The molecule has 0 saturated carbocycles. The van der Waals surface area contributed by atoms with Crippen molar-refractivity contribution >= 4 is 5.91 Å². The molecule has 120 valence electrons. The van der Waals surface area contributed by atoms with Crippen molar-refractivity contribution < 1.29 is 4.79 Å². The molecule has 2 heteroatoms. The number of rotatable bonds is 5. The highest BCUT2D eigenvalue weighted by Gasteiger charge is 2.09. The van der Waals surface area contributed by atoms with Crippen molar-refractivity contribution in [1.82, 2.24) is 5.32 Å². The standard InChI is InChI=1S/C22H21NO/c1-17(16-23-22(24)21-10-6-3-7-11-21)18-12-14-20(15-13-18)19-8-4-2-5-9-19/h2-15,17H,16H2,1H3,(H,23,24). The molecule has 0 radical (unpaired) electrons. The number of carbonyl (C=O) groups excluding carboxylic acids is 1. The van der Waals surface area contributed by atoms with Crippen LogP contribution in [0.3, 0.4) is 0 Å². The molecule has 0 fully saturated rings. The molecule has 0 aromatic heterocycles. The lowest BCUT2D eigenvalue weighted by molar-refractivity contribution is 0.0951. The molecule has 0 aliphatic carbocycles. The van der Waals surface area contributed by atoms with Gasteiger partial charge in [0.1, 0.15) is 0 Å². The van der Waals surface area contributed by atoms with Crippen molar-refractivity contribution in [2.75, 3.05) is 6.54 Å². The summed E-state index contributed by atoms with van der Waals surface area (Å²) in [5.74, 6) is 0.242. The van der Waals surface area contributed by atoms with E-state index in [2.05, 4.69) is 48.6 Å². The van der Waals surface area contributed by atoms with Gasteiger partial charge in [0.25, 0.3) is 5.91 Å². The second-order valence-electron chi connectivity index (χ2n) is 5.97. The molecule has 3 rings (SSSR count). The first-order chi connectivity index (χ1) is 11.7. The Kier molecular flexibility index (Phi) is 5.07. The minimum Gasteiger partial charge on any atom is -0.351 e. The molecule has 3 aromatic rings. The van der Waals surface area contributed by atoms with Crippen LogP contribution in [0.5, 0.6) is 0 Å². The Balaban J connectivity index is 1.61. The second-order valence-corrected chi connectivity index (χ2v) is 5.97. The lowest BCUT2D eigenvalue weighted by Crippen LogP contribution is -2.27. The average molecular weight is 315 g/mol. The van der Waals surface area contributed by atoms with Crippen LogP contribution in [-0.4, -0.2) is 12.5 Å². The van der Waals surface area contributed by atoms with Crippen molar-refractivity contribution in [3.8, 4) is 11.1 Å². The van der Waals surface area contributed by atoms with Crippen LogP contribution < -0.4 is 5.32 Å². The molecule has 0 spiro atoms. The smallest absolute Gasteiger partial charge is 0.251 e. The van der Waals surface area contributed by atoms with E-state index in [1.807, 2.05) is 48.5 Å². The number of carbonyl (C=O) groups is 1. The van der Waals surface area contributed by atoms with Crippen molar-refractivity contribution in [2.24, 2.45) is 0 Å². The minimum absolute atomic E-state index is 0.0247. The van der Waals surface area contributed by atoms with Crippen LogP contribution in [-0.2, 0) is 0 Å². The van der Waals surface area contributed by atoms with E-state index in [4.69, 9.17) is 0 Å². The summed E-state index contributed by atoms with van der Waals surface area (Å²) in [6.07, 6.45) is 0. The van der Waals surface area contributed by atoms with Gasteiger partial charge in [0.05, 0.1) is 0 Å². The van der Waals surface area contributed by atoms with E-state index in [9.17, 15) is 4.79 Å². The quantitative estimate of drug-likeness (QED) is 0.714. The molecule has 2 nitrogen and oxygen atoms in total. The van der Waals surface area contributed by atoms with Gasteiger partial charge in [-0.15, -0.1) is 0 Å². The molecule has 0 aliphatic rings. The van der Waals surface area contributed by atoms with Crippen molar-refractivity contribution in [2.45, 2.75) is 12.8 Å². The maximum atomic E-state index is 12.1. The van der Waals surface area contributed by atoms with E-state index in [0.29, 0.717) is 12.1 Å². The molecule has 0 saturated heterocycles. The predicted octanol–water partition coefficient (Wildman–Crippen LogP) is 4.89. The van der Waals surface area contributed by atoms with Crippen LogP contribution in [0.15, 0.2) is 84.9 Å². The molecule has 0 heterocycles. The molecule has 0 bridgehead atoms. The third-order valence-corrected chi connectivity index (χ3v) is 4.19. The normalized spacial score (nSPS) is 11.7. The van der Waals surface area contributed by atoms with E-state index in [0.717, 1.165) is 0 Å². The third-order valence-electron chi connectivity index (χ3n) is 4.19. The summed E-state index contributed by atoms with van der Waals surface area (Å²) in [4.78, 5) is 12.1. The molecule has 1 amide bonds. The first-order valence-electron chi connectivity index (χ1n) is 8.22. The summed E-state index contributed by atoms with van der Waals surface area (Å²) in [6.45, 7) is 2.75. The van der Waals surface area contributed by atoms with Crippen molar-refractivity contribution in [1.29, 1.82) is 0 Å². The summed E-state index contributed by atoms with van der Waals surface area (Å²) in [5.41, 5.74) is 4.35. The van der Waals surface area contributed by atoms with Crippen LogP contribution in [0.25, 0.3) is 11.1 Å². The number of amides is 1. The molecule has 3 aromatic carbocycles. The molecule has 1 unspecified atom stereocenters. The SMILES string of the molecule is CC(CNC(=O)c1ccccc1)c1ccc(-c2ccccc2)cc1. The average Bonchev–Trinajstić information content (AvgIpc) is 2.67. The Morgan fingerprint density at radius 1 is 0.792 bits per heavy atom. The van der Waals surface area contributed by atoms with Gasteiger partial charge in [0.2, 0.25) is 0 Å². The Morgan fingerprint density at radius 3 is 1.96 bits per heavy atom. The Hall–Kier alpha value is -2.87. The van der Waals surface area contributed by atoms with Gasteiger partial charge in [-0.2, -0.15) is 0 Å². The minimum atomic E-state index is -0.0247.